The third kappa shape index (κ3) is 4.59. The minimum absolute atomic E-state index is 0.580. The van der Waals surface area contributed by atoms with E-state index >= 15 is 0 Å². The van der Waals surface area contributed by atoms with E-state index < -0.39 is 16.0 Å². The highest BCUT2D eigenvalue weighted by Gasteiger charge is 2.31. The summed E-state index contributed by atoms with van der Waals surface area (Å²) in [7, 11) is -4.33. The third-order valence-electron chi connectivity index (χ3n) is 2.28. The first-order valence-electron chi connectivity index (χ1n) is 4.57. The standard InChI is InChI=1S/C8H18O4S/c1-4-7-8(5-2,6-3)12-13(9,10)11/h4-7H2,1-3H3,(H,9,10,11). The first kappa shape index (κ1) is 12.9. The fourth-order valence-corrected chi connectivity index (χ4v) is 2.21. The summed E-state index contributed by atoms with van der Waals surface area (Å²) in [6.07, 6.45) is 2.63. The van der Waals surface area contributed by atoms with E-state index in [0.717, 1.165) is 6.42 Å². The lowest BCUT2D eigenvalue weighted by atomic mass is 9.92. The molecule has 0 aliphatic carbocycles. The fourth-order valence-electron chi connectivity index (χ4n) is 1.44. The zero-order valence-corrected chi connectivity index (χ0v) is 9.23. The van der Waals surface area contributed by atoms with Crippen molar-refractivity contribution >= 4 is 10.4 Å². The molecule has 0 aliphatic rings. The molecule has 0 aromatic carbocycles. The van der Waals surface area contributed by atoms with E-state index in [1.54, 1.807) is 0 Å². The zero-order valence-electron chi connectivity index (χ0n) is 8.41. The molecule has 13 heavy (non-hydrogen) atoms. The van der Waals surface area contributed by atoms with Gasteiger partial charge in [-0.15, -0.1) is 0 Å². The Morgan fingerprint density at radius 3 is 1.92 bits per heavy atom. The Kier molecular flexibility index (Phi) is 4.88. The van der Waals surface area contributed by atoms with Crippen LogP contribution >= 0.6 is 0 Å². The predicted octanol–water partition coefficient (Wildman–Crippen LogP) is 2.16. The molecule has 1 N–H and O–H groups in total. The lowest BCUT2D eigenvalue weighted by Crippen LogP contribution is -2.33. The van der Waals surface area contributed by atoms with Crippen molar-refractivity contribution in [1.29, 1.82) is 0 Å². The summed E-state index contributed by atoms with van der Waals surface area (Å²) in [6.45, 7) is 5.65. The Hall–Kier alpha value is -0.130. The third-order valence-corrected chi connectivity index (χ3v) is 2.84. The molecule has 0 fully saturated rings. The van der Waals surface area contributed by atoms with Crippen LogP contribution in [0.4, 0.5) is 0 Å². The molecule has 0 bridgehead atoms. The first-order chi connectivity index (χ1) is 5.89. The molecule has 0 spiro atoms. The molecule has 0 rings (SSSR count). The topological polar surface area (TPSA) is 63.6 Å². The van der Waals surface area contributed by atoms with Gasteiger partial charge >= 0.3 is 10.4 Å². The van der Waals surface area contributed by atoms with Crippen molar-refractivity contribution in [2.45, 2.75) is 52.1 Å². The van der Waals surface area contributed by atoms with Crippen LogP contribution in [-0.4, -0.2) is 18.6 Å². The molecule has 0 saturated carbocycles. The highest BCUT2D eigenvalue weighted by atomic mass is 32.3. The zero-order chi connectivity index (χ0) is 10.5. The molecule has 5 heteroatoms. The monoisotopic (exact) mass is 210 g/mol. The molecular weight excluding hydrogens is 192 g/mol. The average Bonchev–Trinajstić information content (AvgIpc) is 2.01. The van der Waals surface area contributed by atoms with Crippen molar-refractivity contribution in [1.82, 2.24) is 0 Å². The molecule has 0 aromatic rings. The van der Waals surface area contributed by atoms with Gasteiger partial charge in [0, 0.05) is 0 Å². The van der Waals surface area contributed by atoms with Crippen molar-refractivity contribution in [3.05, 3.63) is 0 Å². The van der Waals surface area contributed by atoms with Gasteiger partial charge in [0.1, 0.15) is 0 Å². The van der Waals surface area contributed by atoms with Gasteiger partial charge in [0.25, 0.3) is 0 Å². The van der Waals surface area contributed by atoms with Crippen LogP contribution < -0.4 is 0 Å². The van der Waals surface area contributed by atoms with E-state index in [1.165, 1.54) is 0 Å². The second-order valence-corrected chi connectivity index (χ2v) is 4.17. The molecule has 0 atom stereocenters. The minimum atomic E-state index is -4.33. The maximum absolute atomic E-state index is 10.6. The molecule has 0 saturated heterocycles. The SMILES string of the molecule is CCCC(CC)(CC)OS(=O)(=O)O. The lowest BCUT2D eigenvalue weighted by Gasteiger charge is -2.28. The quantitative estimate of drug-likeness (QED) is 0.682. The van der Waals surface area contributed by atoms with Gasteiger partial charge in [0.2, 0.25) is 0 Å². The van der Waals surface area contributed by atoms with Crippen molar-refractivity contribution in [2.24, 2.45) is 0 Å². The summed E-state index contributed by atoms with van der Waals surface area (Å²) in [5, 5.41) is 0. The molecule has 0 unspecified atom stereocenters. The Balaban J connectivity index is 4.57. The van der Waals surface area contributed by atoms with Gasteiger partial charge in [-0.25, -0.2) is 4.18 Å². The predicted molar refractivity (Wildman–Crippen MR) is 50.9 cm³/mol. The van der Waals surface area contributed by atoms with Gasteiger partial charge in [-0.3, -0.25) is 4.55 Å². The maximum Gasteiger partial charge on any atom is 0.397 e. The molecule has 0 radical (unpaired) electrons. The molecular formula is C8H18O4S. The number of hydrogen-bond acceptors (Lipinski definition) is 3. The first-order valence-corrected chi connectivity index (χ1v) is 5.93. The maximum atomic E-state index is 10.6. The normalized spacial score (nSPS) is 13.2. The van der Waals surface area contributed by atoms with E-state index in [2.05, 4.69) is 0 Å². The van der Waals surface area contributed by atoms with Crippen LogP contribution in [0.25, 0.3) is 0 Å². The summed E-state index contributed by atoms with van der Waals surface area (Å²) >= 11 is 0. The molecule has 0 heterocycles. The Labute approximate surface area is 80.2 Å². The summed E-state index contributed by atoms with van der Waals surface area (Å²) in [4.78, 5) is 0. The molecule has 0 amide bonds. The Bertz CT molecular complexity index is 229. The van der Waals surface area contributed by atoms with Crippen molar-refractivity contribution in [2.75, 3.05) is 0 Å². The Morgan fingerprint density at radius 1 is 1.23 bits per heavy atom. The van der Waals surface area contributed by atoms with Crippen LogP contribution in [0.1, 0.15) is 46.5 Å². The van der Waals surface area contributed by atoms with Crippen LogP contribution in [-0.2, 0) is 14.6 Å². The van der Waals surface area contributed by atoms with E-state index in [-0.39, 0.29) is 0 Å². The van der Waals surface area contributed by atoms with E-state index in [0.29, 0.717) is 19.3 Å². The summed E-state index contributed by atoms with van der Waals surface area (Å²) < 4.78 is 34.4. The Morgan fingerprint density at radius 2 is 1.69 bits per heavy atom. The number of rotatable bonds is 6. The van der Waals surface area contributed by atoms with Crippen LogP contribution in [0.15, 0.2) is 0 Å². The minimum Gasteiger partial charge on any atom is -0.264 e. The van der Waals surface area contributed by atoms with E-state index in [4.69, 9.17) is 8.74 Å². The fraction of sp³-hybridized carbons (Fsp3) is 1.00. The van der Waals surface area contributed by atoms with Crippen LogP contribution in [0.3, 0.4) is 0 Å². The van der Waals surface area contributed by atoms with Gasteiger partial charge in [0.05, 0.1) is 5.60 Å². The van der Waals surface area contributed by atoms with Crippen LogP contribution in [0, 0.1) is 0 Å². The second-order valence-electron chi connectivity index (χ2n) is 3.15. The highest BCUT2D eigenvalue weighted by Crippen LogP contribution is 2.27. The summed E-state index contributed by atoms with van der Waals surface area (Å²) in [6, 6.07) is 0. The van der Waals surface area contributed by atoms with E-state index in [1.807, 2.05) is 20.8 Å². The van der Waals surface area contributed by atoms with Crippen LogP contribution in [0.2, 0.25) is 0 Å². The molecule has 0 aliphatic heterocycles. The van der Waals surface area contributed by atoms with Gasteiger partial charge in [-0.1, -0.05) is 27.2 Å². The lowest BCUT2D eigenvalue weighted by molar-refractivity contribution is 0.0447. The summed E-state index contributed by atoms with van der Waals surface area (Å²) in [5.41, 5.74) is -0.720. The highest BCUT2D eigenvalue weighted by molar-refractivity contribution is 7.80. The van der Waals surface area contributed by atoms with Gasteiger partial charge in [-0.05, 0) is 19.3 Å². The number of hydrogen-bond donors (Lipinski definition) is 1. The molecule has 4 nitrogen and oxygen atoms in total. The van der Waals surface area contributed by atoms with Crippen molar-refractivity contribution in [3.8, 4) is 0 Å². The molecule has 80 valence electrons. The summed E-state index contributed by atoms with van der Waals surface area (Å²) in [5.74, 6) is 0. The van der Waals surface area contributed by atoms with Crippen LogP contribution in [0.5, 0.6) is 0 Å². The van der Waals surface area contributed by atoms with Crippen molar-refractivity contribution in [3.63, 3.8) is 0 Å². The average molecular weight is 210 g/mol. The van der Waals surface area contributed by atoms with Gasteiger partial charge in [0.15, 0.2) is 0 Å². The second kappa shape index (κ2) is 4.93. The smallest absolute Gasteiger partial charge is 0.264 e. The van der Waals surface area contributed by atoms with Gasteiger partial charge < -0.3 is 0 Å². The van der Waals surface area contributed by atoms with E-state index in [9.17, 15) is 8.42 Å². The van der Waals surface area contributed by atoms with Crippen molar-refractivity contribution < 1.29 is 17.2 Å². The molecule has 0 aromatic heterocycles. The van der Waals surface area contributed by atoms with Gasteiger partial charge in [-0.2, -0.15) is 8.42 Å². The largest absolute Gasteiger partial charge is 0.397 e.